The second-order valence-corrected chi connectivity index (χ2v) is 5.44. The number of amides is 2. The Balaban J connectivity index is 2.58. The largest absolute Gasteiger partial charge is 0.465 e. The number of carbonyl (C=O) groups is 3. The first-order valence-corrected chi connectivity index (χ1v) is 7.44. The van der Waals surface area contributed by atoms with Gasteiger partial charge in [-0.3, -0.25) is 9.59 Å². The Morgan fingerprint density at radius 1 is 1.17 bits per heavy atom. The van der Waals surface area contributed by atoms with E-state index in [-0.39, 0.29) is 17.4 Å². The molecule has 1 aromatic carbocycles. The molecule has 2 amide bonds. The summed E-state index contributed by atoms with van der Waals surface area (Å²) in [6, 6.07) is 6.28. The molecule has 0 aliphatic rings. The number of nitrogens with zero attached hydrogens (tertiary/aromatic N) is 1. The molecule has 0 spiro atoms. The van der Waals surface area contributed by atoms with E-state index in [4.69, 9.17) is 0 Å². The van der Waals surface area contributed by atoms with E-state index in [0.717, 1.165) is 6.54 Å². The quantitative estimate of drug-likeness (QED) is 0.575. The zero-order valence-corrected chi connectivity index (χ0v) is 14.4. The molecule has 7 heteroatoms. The summed E-state index contributed by atoms with van der Waals surface area (Å²) >= 11 is 0. The number of benzene rings is 1. The fraction of sp³-hybridized carbons (Fsp3) is 0.353. The highest BCUT2D eigenvalue weighted by Crippen LogP contribution is 2.11. The highest BCUT2D eigenvalue weighted by atomic mass is 16.5. The molecule has 7 nitrogen and oxygen atoms in total. The third kappa shape index (κ3) is 6.62. The van der Waals surface area contributed by atoms with Crippen molar-refractivity contribution in [1.82, 2.24) is 10.2 Å². The number of hydrogen-bond donors (Lipinski definition) is 2. The van der Waals surface area contributed by atoms with Gasteiger partial charge in [0.25, 0.3) is 5.91 Å². The maximum Gasteiger partial charge on any atom is 0.337 e. The van der Waals surface area contributed by atoms with Gasteiger partial charge in [0.2, 0.25) is 5.91 Å². The van der Waals surface area contributed by atoms with Gasteiger partial charge < -0.3 is 20.3 Å². The zero-order chi connectivity index (χ0) is 18.1. The third-order valence-corrected chi connectivity index (χ3v) is 3.13. The Morgan fingerprint density at radius 3 is 2.33 bits per heavy atom. The van der Waals surface area contributed by atoms with Gasteiger partial charge >= 0.3 is 5.97 Å². The lowest BCUT2D eigenvalue weighted by Gasteiger charge is -2.09. The zero-order valence-electron chi connectivity index (χ0n) is 14.4. The summed E-state index contributed by atoms with van der Waals surface area (Å²) in [5.41, 5.74) is 1.20. The van der Waals surface area contributed by atoms with Crippen LogP contribution in [0.3, 0.4) is 0 Å². The number of ether oxygens (including phenoxy) is 1. The van der Waals surface area contributed by atoms with Crippen LogP contribution in [0.4, 0.5) is 5.69 Å². The van der Waals surface area contributed by atoms with Gasteiger partial charge in [-0.1, -0.05) is 0 Å². The van der Waals surface area contributed by atoms with Gasteiger partial charge in [0.1, 0.15) is 0 Å². The number of rotatable bonds is 7. The maximum absolute atomic E-state index is 12.0. The van der Waals surface area contributed by atoms with E-state index in [1.165, 1.54) is 13.2 Å². The molecule has 1 aromatic rings. The van der Waals surface area contributed by atoms with Crippen LogP contribution in [0.5, 0.6) is 0 Å². The molecule has 130 valence electrons. The first-order chi connectivity index (χ1) is 11.3. The summed E-state index contributed by atoms with van der Waals surface area (Å²) in [5, 5.41) is 5.36. The number of carbonyl (C=O) groups excluding carboxylic acids is 3. The van der Waals surface area contributed by atoms with Crippen molar-refractivity contribution in [3.05, 3.63) is 41.5 Å². The molecule has 0 saturated carbocycles. The number of anilines is 1. The van der Waals surface area contributed by atoms with Crippen LogP contribution in [0.2, 0.25) is 0 Å². The average molecular weight is 333 g/mol. The van der Waals surface area contributed by atoms with Crippen molar-refractivity contribution < 1.29 is 19.1 Å². The monoisotopic (exact) mass is 333 g/mol. The van der Waals surface area contributed by atoms with Crippen molar-refractivity contribution in [2.24, 2.45) is 0 Å². The Morgan fingerprint density at radius 2 is 1.79 bits per heavy atom. The minimum Gasteiger partial charge on any atom is -0.465 e. The lowest BCUT2D eigenvalue weighted by Crippen LogP contribution is -2.30. The summed E-state index contributed by atoms with van der Waals surface area (Å²) in [4.78, 5) is 37.0. The summed E-state index contributed by atoms with van der Waals surface area (Å²) < 4.78 is 4.60. The van der Waals surface area contributed by atoms with Crippen molar-refractivity contribution >= 4 is 23.5 Å². The molecular formula is C17H23N3O4. The molecule has 2 N–H and O–H groups in total. The second-order valence-electron chi connectivity index (χ2n) is 5.44. The Labute approximate surface area is 141 Å². The van der Waals surface area contributed by atoms with Crippen LogP contribution in [0.25, 0.3) is 0 Å². The van der Waals surface area contributed by atoms with Crippen LogP contribution in [-0.4, -0.2) is 57.0 Å². The van der Waals surface area contributed by atoms with Gasteiger partial charge in [-0.25, -0.2) is 4.79 Å². The third-order valence-electron chi connectivity index (χ3n) is 3.13. The number of nitrogens with one attached hydrogen (secondary N) is 2. The van der Waals surface area contributed by atoms with Crippen LogP contribution in [-0.2, 0) is 14.3 Å². The molecule has 0 unspecified atom stereocenters. The van der Waals surface area contributed by atoms with Gasteiger partial charge in [-0.05, 0) is 45.3 Å². The molecule has 0 aliphatic heterocycles. The van der Waals surface area contributed by atoms with Gasteiger partial charge in [0, 0.05) is 30.4 Å². The smallest absolute Gasteiger partial charge is 0.337 e. The summed E-state index contributed by atoms with van der Waals surface area (Å²) in [7, 11) is 5.12. The number of esters is 1. The van der Waals surface area contributed by atoms with E-state index in [0.29, 0.717) is 17.8 Å². The van der Waals surface area contributed by atoms with Gasteiger partial charge in [0.05, 0.1) is 12.7 Å². The number of likely N-dealkylation sites (N-methyl/N-ethyl adjacent to an activating group) is 1. The van der Waals surface area contributed by atoms with Crippen molar-refractivity contribution in [3.8, 4) is 0 Å². The summed E-state index contributed by atoms with van der Waals surface area (Å²) in [6.07, 6.45) is 1.26. The lowest BCUT2D eigenvalue weighted by molar-refractivity contribution is -0.117. The van der Waals surface area contributed by atoms with Crippen LogP contribution < -0.4 is 10.6 Å². The molecule has 0 atom stereocenters. The number of hydrogen-bond acceptors (Lipinski definition) is 5. The molecular weight excluding hydrogens is 310 g/mol. The Hall–Kier alpha value is -2.67. The van der Waals surface area contributed by atoms with Crippen LogP contribution >= 0.6 is 0 Å². The fourth-order valence-electron chi connectivity index (χ4n) is 1.75. The lowest BCUT2D eigenvalue weighted by atomic mass is 10.2. The van der Waals surface area contributed by atoms with Crippen molar-refractivity contribution in [2.45, 2.75) is 6.92 Å². The molecule has 0 radical (unpaired) electrons. The van der Waals surface area contributed by atoms with Gasteiger partial charge in [-0.2, -0.15) is 0 Å². The van der Waals surface area contributed by atoms with Gasteiger partial charge in [-0.15, -0.1) is 0 Å². The highest BCUT2D eigenvalue weighted by molar-refractivity contribution is 6.07. The van der Waals surface area contributed by atoms with Crippen LogP contribution in [0, 0.1) is 0 Å². The summed E-state index contributed by atoms with van der Waals surface area (Å²) in [6.45, 7) is 2.78. The fourth-order valence-corrected chi connectivity index (χ4v) is 1.75. The first-order valence-electron chi connectivity index (χ1n) is 7.44. The van der Waals surface area contributed by atoms with Crippen molar-refractivity contribution in [1.29, 1.82) is 0 Å². The Bertz CT molecular complexity index is 621. The molecule has 0 heterocycles. The minimum absolute atomic E-state index is 0.286. The average Bonchev–Trinajstić information content (AvgIpc) is 2.54. The molecule has 0 aliphatic carbocycles. The van der Waals surface area contributed by atoms with E-state index in [9.17, 15) is 14.4 Å². The predicted molar refractivity (Wildman–Crippen MR) is 91.7 cm³/mol. The SMILES string of the molecule is COC(=O)c1ccc(NC(=O)/C(C)=C/C(=O)NCCN(C)C)cc1. The van der Waals surface area contributed by atoms with Crippen LogP contribution in [0.1, 0.15) is 17.3 Å². The van der Waals surface area contributed by atoms with E-state index >= 15 is 0 Å². The number of methoxy groups -OCH3 is 1. The topological polar surface area (TPSA) is 87.7 Å². The summed E-state index contributed by atoms with van der Waals surface area (Å²) in [5.74, 6) is -1.15. The molecule has 24 heavy (non-hydrogen) atoms. The first kappa shape index (κ1) is 19.4. The van der Waals surface area contributed by atoms with E-state index in [1.807, 2.05) is 19.0 Å². The maximum atomic E-state index is 12.0. The van der Waals surface area contributed by atoms with E-state index in [1.54, 1.807) is 31.2 Å². The van der Waals surface area contributed by atoms with E-state index in [2.05, 4.69) is 15.4 Å². The van der Waals surface area contributed by atoms with Crippen LogP contribution in [0.15, 0.2) is 35.9 Å². The minimum atomic E-state index is -0.446. The van der Waals surface area contributed by atoms with Crippen molar-refractivity contribution in [2.75, 3.05) is 39.6 Å². The van der Waals surface area contributed by atoms with E-state index < -0.39 is 5.97 Å². The predicted octanol–water partition coefficient (Wildman–Crippen LogP) is 1.04. The second kappa shape index (κ2) is 9.46. The molecule has 0 aromatic heterocycles. The molecule has 0 fully saturated rings. The highest BCUT2D eigenvalue weighted by Gasteiger charge is 2.09. The molecule has 1 rings (SSSR count). The standard InChI is InChI=1S/C17H23N3O4/c1-12(11-15(21)18-9-10-20(2)3)16(22)19-14-7-5-13(6-8-14)17(23)24-4/h5-8,11H,9-10H2,1-4H3,(H,18,21)(H,19,22)/b12-11+. The molecule has 0 saturated heterocycles. The Kier molecular flexibility index (Phi) is 7.64. The van der Waals surface area contributed by atoms with Crippen molar-refractivity contribution in [3.63, 3.8) is 0 Å². The molecule has 0 bridgehead atoms. The van der Waals surface area contributed by atoms with Gasteiger partial charge in [0.15, 0.2) is 0 Å². The normalized spacial score (nSPS) is 11.1.